The van der Waals surface area contributed by atoms with E-state index >= 15 is 0 Å². The Bertz CT molecular complexity index is 1190. The average Bonchev–Trinajstić information content (AvgIpc) is 3.10. The number of hydrogen-bond donors (Lipinski definition) is 2. The van der Waals surface area contributed by atoms with E-state index in [1.54, 1.807) is 0 Å². The standard InChI is InChI=1S/C22H19N3O2S/c1-13(2)20(26)25-22(28)23-15-10-11-19-18(12-15)24-21(27-19)17-9-5-7-14-6-3-4-8-16(14)17/h3-13H,1-2H3,(H2,23,25,26,28). The maximum Gasteiger partial charge on any atom is 0.228 e. The maximum absolute atomic E-state index is 11.8. The highest BCUT2D eigenvalue weighted by molar-refractivity contribution is 7.80. The van der Waals surface area contributed by atoms with E-state index in [-0.39, 0.29) is 16.9 Å². The first-order valence-corrected chi connectivity index (χ1v) is 9.42. The van der Waals surface area contributed by atoms with Crippen molar-refractivity contribution in [2.75, 3.05) is 5.32 Å². The first-order valence-electron chi connectivity index (χ1n) is 9.02. The first-order chi connectivity index (χ1) is 13.5. The molecule has 4 rings (SSSR count). The van der Waals surface area contributed by atoms with Gasteiger partial charge in [0.1, 0.15) is 5.52 Å². The summed E-state index contributed by atoms with van der Waals surface area (Å²) in [6.45, 7) is 3.63. The van der Waals surface area contributed by atoms with Crippen LogP contribution in [0, 0.1) is 5.92 Å². The van der Waals surface area contributed by atoms with Gasteiger partial charge in [0.25, 0.3) is 0 Å². The number of hydrogen-bond acceptors (Lipinski definition) is 4. The Labute approximate surface area is 167 Å². The molecule has 1 aromatic heterocycles. The summed E-state index contributed by atoms with van der Waals surface area (Å²) >= 11 is 5.20. The number of benzene rings is 3. The van der Waals surface area contributed by atoms with Gasteiger partial charge >= 0.3 is 0 Å². The second-order valence-corrected chi connectivity index (χ2v) is 7.23. The van der Waals surface area contributed by atoms with E-state index in [9.17, 15) is 4.79 Å². The lowest BCUT2D eigenvalue weighted by Crippen LogP contribution is -2.36. The van der Waals surface area contributed by atoms with Gasteiger partial charge in [0.15, 0.2) is 10.7 Å². The molecule has 0 bridgehead atoms. The number of carbonyl (C=O) groups is 1. The van der Waals surface area contributed by atoms with E-state index < -0.39 is 0 Å². The number of thiocarbonyl (C=S) groups is 1. The summed E-state index contributed by atoms with van der Waals surface area (Å²) in [6.07, 6.45) is 0. The molecule has 28 heavy (non-hydrogen) atoms. The van der Waals surface area contributed by atoms with E-state index in [0.29, 0.717) is 17.0 Å². The highest BCUT2D eigenvalue weighted by Gasteiger charge is 2.13. The third-order valence-electron chi connectivity index (χ3n) is 4.43. The number of nitrogens with one attached hydrogen (secondary N) is 2. The van der Waals surface area contributed by atoms with Gasteiger partial charge in [-0.3, -0.25) is 4.79 Å². The second kappa shape index (κ2) is 7.40. The number of carbonyl (C=O) groups excluding carboxylic acids is 1. The quantitative estimate of drug-likeness (QED) is 0.476. The summed E-state index contributed by atoms with van der Waals surface area (Å²) in [5.41, 5.74) is 3.08. The lowest BCUT2D eigenvalue weighted by atomic mass is 10.0. The predicted octanol–water partition coefficient (Wildman–Crippen LogP) is 5.12. The molecule has 0 radical (unpaired) electrons. The van der Waals surface area contributed by atoms with E-state index in [1.165, 1.54) is 0 Å². The summed E-state index contributed by atoms with van der Waals surface area (Å²) in [5.74, 6) is 0.305. The fourth-order valence-electron chi connectivity index (χ4n) is 2.95. The number of rotatable bonds is 3. The van der Waals surface area contributed by atoms with Crippen molar-refractivity contribution in [1.82, 2.24) is 10.3 Å². The minimum Gasteiger partial charge on any atom is -0.436 e. The van der Waals surface area contributed by atoms with Crippen molar-refractivity contribution < 1.29 is 9.21 Å². The molecule has 0 atom stereocenters. The number of aromatic nitrogens is 1. The van der Waals surface area contributed by atoms with Gasteiger partial charge in [-0.25, -0.2) is 4.98 Å². The normalized spacial score (nSPS) is 11.1. The Kier molecular flexibility index (Phi) is 4.79. The van der Waals surface area contributed by atoms with Crippen molar-refractivity contribution in [2.45, 2.75) is 13.8 Å². The summed E-state index contributed by atoms with van der Waals surface area (Å²) < 4.78 is 5.98. The molecule has 4 aromatic rings. The molecule has 2 N–H and O–H groups in total. The van der Waals surface area contributed by atoms with E-state index in [1.807, 2.05) is 56.3 Å². The molecule has 1 heterocycles. The van der Waals surface area contributed by atoms with Gasteiger partial charge in [-0.2, -0.15) is 0 Å². The number of amides is 1. The van der Waals surface area contributed by atoms with Crippen molar-refractivity contribution >= 4 is 50.8 Å². The van der Waals surface area contributed by atoms with Crippen LogP contribution in [0.5, 0.6) is 0 Å². The Morgan fingerprint density at radius 1 is 1.07 bits per heavy atom. The molecule has 3 aromatic carbocycles. The van der Waals surface area contributed by atoms with Gasteiger partial charge in [-0.05, 0) is 47.3 Å². The zero-order chi connectivity index (χ0) is 19.7. The molecule has 0 unspecified atom stereocenters. The molecule has 1 amide bonds. The molecule has 0 saturated carbocycles. The van der Waals surface area contributed by atoms with Crippen LogP contribution >= 0.6 is 12.2 Å². The van der Waals surface area contributed by atoms with E-state index in [4.69, 9.17) is 16.6 Å². The molecule has 0 aliphatic rings. The zero-order valence-corrected chi connectivity index (χ0v) is 16.3. The van der Waals surface area contributed by atoms with Crippen molar-refractivity contribution in [1.29, 1.82) is 0 Å². The largest absolute Gasteiger partial charge is 0.436 e. The van der Waals surface area contributed by atoms with Crippen LogP contribution < -0.4 is 10.6 Å². The Morgan fingerprint density at radius 3 is 2.68 bits per heavy atom. The molecule has 5 nitrogen and oxygen atoms in total. The Hall–Kier alpha value is -3.25. The van der Waals surface area contributed by atoms with Gasteiger partial charge in [0, 0.05) is 17.2 Å². The lowest BCUT2D eigenvalue weighted by Gasteiger charge is -2.10. The monoisotopic (exact) mass is 389 g/mol. The number of anilines is 1. The third-order valence-corrected chi connectivity index (χ3v) is 4.63. The molecular weight excluding hydrogens is 370 g/mol. The van der Waals surface area contributed by atoms with Crippen LogP contribution in [0.25, 0.3) is 33.3 Å². The fourth-order valence-corrected chi connectivity index (χ4v) is 3.17. The van der Waals surface area contributed by atoms with Crippen LogP contribution in [0.2, 0.25) is 0 Å². The average molecular weight is 389 g/mol. The van der Waals surface area contributed by atoms with Crippen LogP contribution in [0.1, 0.15) is 13.8 Å². The minimum atomic E-state index is -0.138. The van der Waals surface area contributed by atoms with Gasteiger partial charge < -0.3 is 15.1 Å². The fraction of sp³-hybridized carbons (Fsp3) is 0.136. The SMILES string of the molecule is CC(C)C(=O)NC(=S)Nc1ccc2oc(-c3cccc4ccccc34)nc2c1. The number of fused-ring (bicyclic) bond motifs is 2. The van der Waals surface area contributed by atoms with Crippen molar-refractivity contribution in [3.63, 3.8) is 0 Å². The molecular formula is C22H19N3O2S. The van der Waals surface area contributed by atoms with Crippen molar-refractivity contribution in [2.24, 2.45) is 5.92 Å². The third kappa shape index (κ3) is 3.59. The molecule has 6 heteroatoms. The summed E-state index contributed by atoms with van der Waals surface area (Å²) in [7, 11) is 0. The van der Waals surface area contributed by atoms with Crippen LogP contribution in [-0.4, -0.2) is 16.0 Å². The topological polar surface area (TPSA) is 67.2 Å². The summed E-state index contributed by atoms with van der Waals surface area (Å²) in [5, 5.41) is 8.17. The Balaban J connectivity index is 1.63. The zero-order valence-electron chi connectivity index (χ0n) is 15.5. The lowest BCUT2D eigenvalue weighted by molar-refractivity contribution is -0.122. The number of oxazole rings is 1. The van der Waals surface area contributed by atoms with Crippen molar-refractivity contribution in [3.05, 3.63) is 60.7 Å². The molecule has 0 aliphatic heterocycles. The maximum atomic E-state index is 11.8. The van der Waals surface area contributed by atoms with Crippen molar-refractivity contribution in [3.8, 4) is 11.5 Å². The first kappa shape index (κ1) is 18.1. The van der Waals surface area contributed by atoms with Gasteiger partial charge in [-0.1, -0.05) is 50.2 Å². The van der Waals surface area contributed by atoms with Gasteiger partial charge in [0.05, 0.1) is 0 Å². The smallest absolute Gasteiger partial charge is 0.228 e. The molecule has 140 valence electrons. The second-order valence-electron chi connectivity index (χ2n) is 6.83. The Morgan fingerprint density at radius 2 is 1.86 bits per heavy atom. The predicted molar refractivity (Wildman–Crippen MR) is 116 cm³/mol. The van der Waals surface area contributed by atoms with Crippen LogP contribution in [-0.2, 0) is 4.79 Å². The van der Waals surface area contributed by atoms with Crippen LogP contribution in [0.15, 0.2) is 65.1 Å². The van der Waals surface area contributed by atoms with Crippen LogP contribution in [0.3, 0.4) is 0 Å². The van der Waals surface area contributed by atoms with E-state index in [0.717, 1.165) is 22.0 Å². The molecule has 0 spiro atoms. The summed E-state index contributed by atoms with van der Waals surface area (Å²) in [4.78, 5) is 16.4. The molecule has 0 aliphatic carbocycles. The molecule has 0 fully saturated rings. The highest BCUT2D eigenvalue weighted by Crippen LogP contribution is 2.31. The van der Waals surface area contributed by atoms with Crippen LogP contribution in [0.4, 0.5) is 5.69 Å². The highest BCUT2D eigenvalue weighted by atomic mass is 32.1. The summed E-state index contributed by atoms with van der Waals surface area (Å²) in [6, 6.07) is 19.7. The molecule has 0 saturated heterocycles. The minimum absolute atomic E-state index is 0.127. The van der Waals surface area contributed by atoms with Gasteiger partial charge in [-0.15, -0.1) is 0 Å². The number of nitrogens with zero attached hydrogens (tertiary/aromatic N) is 1. The van der Waals surface area contributed by atoms with Gasteiger partial charge in [0.2, 0.25) is 11.8 Å². The van der Waals surface area contributed by atoms with E-state index in [2.05, 4.69) is 33.8 Å².